The molecule has 1 heterocycles. The molecule has 1 aliphatic rings. The van der Waals surface area contributed by atoms with Gasteiger partial charge in [-0.3, -0.25) is 0 Å². The second-order valence-corrected chi connectivity index (χ2v) is 7.04. The summed E-state index contributed by atoms with van der Waals surface area (Å²) in [7, 11) is 0. The van der Waals surface area contributed by atoms with Gasteiger partial charge in [-0.2, -0.15) is 0 Å². The maximum Gasteiger partial charge on any atom is 0.338 e. The van der Waals surface area contributed by atoms with Crippen LogP contribution in [-0.2, 0) is 9.53 Å². The molecule has 2 rings (SSSR count). The molecule has 0 saturated carbocycles. The standard InChI is InChI=1S/C20H28N2O4S/c1-6-24-16-10-14(8-9-15(16)26-11-12(3)4)18-17(19(23)25-7-2)13(5)21-20(27)22-18/h8-10,12,18H,6-7,11H2,1-5H3,(H2,21,22,27). The van der Waals surface area contributed by atoms with Gasteiger partial charge in [0, 0.05) is 5.70 Å². The molecule has 1 atom stereocenters. The molecular formula is C20H28N2O4S. The van der Waals surface area contributed by atoms with Crippen molar-refractivity contribution in [1.82, 2.24) is 10.6 Å². The van der Waals surface area contributed by atoms with Crippen LogP contribution in [0.1, 0.15) is 46.2 Å². The number of rotatable bonds is 8. The summed E-state index contributed by atoms with van der Waals surface area (Å²) in [6.45, 7) is 11.1. The van der Waals surface area contributed by atoms with E-state index in [1.54, 1.807) is 6.92 Å². The summed E-state index contributed by atoms with van der Waals surface area (Å²) in [5, 5.41) is 6.61. The first-order valence-corrected chi connectivity index (χ1v) is 9.63. The highest BCUT2D eigenvalue weighted by atomic mass is 32.1. The summed E-state index contributed by atoms with van der Waals surface area (Å²) in [6.07, 6.45) is 0. The van der Waals surface area contributed by atoms with E-state index in [1.165, 1.54) is 0 Å². The average Bonchev–Trinajstić information content (AvgIpc) is 2.60. The molecule has 27 heavy (non-hydrogen) atoms. The largest absolute Gasteiger partial charge is 0.490 e. The fourth-order valence-electron chi connectivity index (χ4n) is 2.77. The number of nitrogens with one attached hydrogen (secondary N) is 2. The van der Waals surface area contributed by atoms with Crippen molar-refractivity contribution in [1.29, 1.82) is 0 Å². The number of benzene rings is 1. The fourth-order valence-corrected chi connectivity index (χ4v) is 3.04. The summed E-state index contributed by atoms with van der Waals surface area (Å²) in [5.41, 5.74) is 2.03. The quantitative estimate of drug-likeness (QED) is 0.518. The Hall–Kier alpha value is -2.28. The summed E-state index contributed by atoms with van der Waals surface area (Å²) in [5.74, 6) is 1.36. The van der Waals surface area contributed by atoms with Gasteiger partial charge in [0.25, 0.3) is 0 Å². The van der Waals surface area contributed by atoms with E-state index in [9.17, 15) is 4.79 Å². The first kappa shape index (κ1) is 21.0. The summed E-state index contributed by atoms with van der Waals surface area (Å²) < 4.78 is 16.9. The normalized spacial score (nSPS) is 16.7. The molecule has 0 saturated heterocycles. The number of esters is 1. The Balaban J connectivity index is 2.41. The van der Waals surface area contributed by atoms with Crippen LogP contribution in [0.2, 0.25) is 0 Å². The van der Waals surface area contributed by atoms with Gasteiger partial charge in [-0.05, 0) is 56.6 Å². The zero-order valence-corrected chi connectivity index (χ0v) is 17.4. The van der Waals surface area contributed by atoms with Crippen LogP contribution < -0.4 is 20.1 Å². The van der Waals surface area contributed by atoms with Crippen LogP contribution in [0.4, 0.5) is 0 Å². The Morgan fingerprint density at radius 1 is 1.19 bits per heavy atom. The number of carbonyl (C=O) groups is 1. The Morgan fingerprint density at radius 2 is 1.93 bits per heavy atom. The Morgan fingerprint density at radius 3 is 2.56 bits per heavy atom. The molecule has 2 N–H and O–H groups in total. The Bertz CT molecular complexity index is 731. The van der Waals surface area contributed by atoms with Gasteiger partial charge in [0.15, 0.2) is 16.6 Å². The van der Waals surface area contributed by atoms with Crippen LogP contribution in [-0.4, -0.2) is 30.9 Å². The van der Waals surface area contributed by atoms with Crippen LogP contribution in [0.15, 0.2) is 29.5 Å². The monoisotopic (exact) mass is 392 g/mol. The molecule has 0 aromatic heterocycles. The van der Waals surface area contributed by atoms with Crippen molar-refractivity contribution in [2.24, 2.45) is 5.92 Å². The van der Waals surface area contributed by atoms with E-state index >= 15 is 0 Å². The second kappa shape index (κ2) is 9.60. The van der Waals surface area contributed by atoms with Crippen LogP contribution in [0, 0.1) is 5.92 Å². The number of allylic oxidation sites excluding steroid dienone is 1. The van der Waals surface area contributed by atoms with Crippen molar-refractivity contribution in [3.8, 4) is 11.5 Å². The number of carbonyl (C=O) groups excluding carboxylic acids is 1. The third-order valence-electron chi connectivity index (χ3n) is 3.94. The van der Waals surface area contributed by atoms with E-state index in [2.05, 4.69) is 24.5 Å². The molecule has 0 bridgehead atoms. The van der Waals surface area contributed by atoms with Gasteiger partial charge in [-0.25, -0.2) is 4.79 Å². The van der Waals surface area contributed by atoms with Crippen molar-refractivity contribution in [2.45, 2.75) is 40.7 Å². The second-order valence-electron chi connectivity index (χ2n) is 6.63. The summed E-state index contributed by atoms with van der Waals surface area (Å²) in [6, 6.07) is 5.25. The fraction of sp³-hybridized carbons (Fsp3) is 0.500. The molecule has 0 aliphatic carbocycles. The third-order valence-corrected chi connectivity index (χ3v) is 4.16. The van der Waals surface area contributed by atoms with Gasteiger partial charge >= 0.3 is 5.97 Å². The number of hydrogen-bond donors (Lipinski definition) is 2. The number of thiocarbonyl (C=S) groups is 1. The van der Waals surface area contributed by atoms with E-state index in [0.717, 1.165) is 5.56 Å². The minimum Gasteiger partial charge on any atom is -0.490 e. The zero-order chi connectivity index (χ0) is 20.0. The number of ether oxygens (including phenoxy) is 3. The zero-order valence-electron chi connectivity index (χ0n) is 16.5. The van der Waals surface area contributed by atoms with Crippen LogP contribution in [0.3, 0.4) is 0 Å². The molecule has 0 amide bonds. The highest BCUT2D eigenvalue weighted by molar-refractivity contribution is 7.80. The van der Waals surface area contributed by atoms with E-state index in [0.29, 0.717) is 53.6 Å². The molecule has 0 fully saturated rings. The van der Waals surface area contributed by atoms with Crippen LogP contribution in [0.25, 0.3) is 0 Å². The van der Waals surface area contributed by atoms with Gasteiger partial charge in [0.1, 0.15) is 0 Å². The highest BCUT2D eigenvalue weighted by Gasteiger charge is 2.31. The average molecular weight is 393 g/mol. The van der Waals surface area contributed by atoms with Crippen LogP contribution in [0.5, 0.6) is 11.5 Å². The maximum atomic E-state index is 12.5. The van der Waals surface area contributed by atoms with E-state index < -0.39 is 6.04 Å². The van der Waals surface area contributed by atoms with Crippen molar-refractivity contribution >= 4 is 23.3 Å². The lowest BCUT2D eigenvalue weighted by atomic mass is 9.95. The van der Waals surface area contributed by atoms with Crippen molar-refractivity contribution < 1.29 is 19.0 Å². The lowest BCUT2D eigenvalue weighted by molar-refractivity contribution is -0.139. The van der Waals surface area contributed by atoms with E-state index in [4.69, 9.17) is 26.4 Å². The first-order valence-electron chi connectivity index (χ1n) is 9.22. The predicted molar refractivity (Wildman–Crippen MR) is 109 cm³/mol. The smallest absolute Gasteiger partial charge is 0.338 e. The van der Waals surface area contributed by atoms with Gasteiger partial charge in [0.2, 0.25) is 0 Å². The molecule has 7 heteroatoms. The molecule has 1 aromatic rings. The number of hydrogen-bond acceptors (Lipinski definition) is 5. The van der Waals surface area contributed by atoms with Gasteiger partial charge < -0.3 is 24.8 Å². The molecular weight excluding hydrogens is 364 g/mol. The van der Waals surface area contributed by atoms with E-state index in [1.807, 2.05) is 32.0 Å². The molecule has 148 valence electrons. The lowest BCUT2D eigenvalue weighted by Gasteiger charge is -2.30. The lowest BCUT2D eigenvalue weighted by Crippen LogP contribution is -2.45. The molecule has 1 aliphatic heterocycles. The van der Waals surface area contributed by atoms with Gasteiger partial charge in [0.05, 0.1) is 31.4 Å². The molecule has 1 unspecified atom stereocenters. The van der Waals surface area contributed by atoms with E-state index in [-0.39, 0.29) is 5.97 Å². The maximum absolute atomic E-state index is 12.5. The highest BCUT2D eigenvalue weighted by Crippen LogP contribution is 2.35. The van der Waals surface area contributed by atoms with Crippen LogP contribution >= 0.6 is 12.2 Å². The van der Waals surface area contributed by atoms with Gasteiger partial charge in [-0.1, -0.05) is 19.9 Å². The topological polar surface area (TPSA) is 68.8 Å². The minimum absolute atomic E-state index is 0.305. The molecule has 6 nitrogen and oxygen atoms in total. The van der Waals surface area contributed by atoms with Crippen molar-refractivity contribution in [2.75, 3.05) is 19.8 Å². The van der Waals surface area contributed by atoms with Gasteiger partial charge in [-0.15, -0.1) is 0 Å². The first-order chi connectivity index (χ1) is 12.9. The third kappa shape index (κ3) is 5.35. The predicted octanol–water partition coefficient (Wildman–Crippen LogP) is 3.48. The SMILES string of the molecule is CCOC(=O)C1=C(C)NC(=S)NC1c1ccc(OCC(C)C)c(OCC)c1. The summed E-state index contributed by atoms with van der Waals surface area (Å²) >= 11 is 5.28. The van der Waals surface area contributed by atoms with Crippen molar-refractivity contribution in [3.05, 3.63) is 35.0 Å². The molecule has 0 radical (unpaired) electrons. The molecule has 0 spiro atoms. The van der Waals surface area contributed by atoms with Crippen molar-refractivity contribution in [3.63, 3.8) is 0 Å². The summed E-state index contributed by atoms with van der Waals surface area (Å²) in [4.78, 5) is 12.5. The Labute approximate surface area is 166 Å². The molecule has 1 aromatic carbocycles. The Kier molecular flexibility index (Phi) is 7.47. The minimum atomic E-state index is -0.420.